The highest BCUT2D eigenvalue weighted by molar-refractivity contribution is 4.81. The molecule has 0 saturated carbocycles. The number of aliphatic hydroxyl groups is 1. The fraction of sp³-hybridized carbons (Fsp3) is 0.867. The van der Waals surface area contributed by atoms with Gasteiger partial charge in [0.05, 0.1) is 6.10 Å². The molecule has 0 bridgehead atoms. The van der Waals surface area contributed by atoms with Crippen molar-refractivity contribution >= 4 is 0 Å². The smallest absolute Gasteiger partial charge is 0.0670 e. The summed E-state index contributed by atoms with van der Waals surface area (Å²) in [7, 11) is 2.15. The Kier molecular flexibility index (Phi) is 6.90. The second-order valence-corrected chi connectivity index (χ2v) is 5.82. The molecule has 1 heterocycles. The lowest BCUT2D eigenvalue weighted by molar-refractivity contribution is 0.0632. The molecule has 1 aliphatic rings. The third-order valence-corrected chi connectivity index (χ3v) is 4.06. The molecule has 0 aliphatic carbocycles. The van der Waals surface area contributed by atoms with Crippen molar-refractivity contribution in [2.75, 3.05) is 26.7 Å². The van der Waals surface area contributed by atoms with E-state index in [-0.39, 0.29) is 6.10 Å². The molecule has 1 rings (SSSR count). The second-order valence-electron chi connectivity index (χ2n) is 5.82. The minimum Gasteiger partial charge on any atom is -0.392 e. The van der Waals surface area contributed by atoms with Crippen LogP contribution in [-0.2, 0) is 0 Å². The minimum atomic E-state index is -0.212. The molecule has 0 aromatic carbocycles. The van der Waals surface area contributed by atoms with Crippen molar-refractivity contribution in [3.63, 3.8) is 0 Å². The second kappa shape index (κ2) is 7.93. The first-order chi connectivity index (χ1) is 8.54. The normalized spacial score (nSPS) is 20.6. The van der Waals surface area contributed by atoms with Gasteiger partial charge in [-0.3, -0.25) is 0 Å². The molecular weight excluding hydrogens is 224 g/mol. The van der Waals surface area contributed by atoms with Gasteiger partial charge in [-0.1, -0.05) is 6.08 Å². The highest BCUT2D eigenvalue weighted by atomic mass is 16.3. The molecule has 0 aromatic heterocycles. The van der Waals surface area contributed by atoms with Crippen molar-refractivity contribution in [3.05, 3.63) is 12.7 Å². The summed E-state index contributed by atoms with van der Waals surface area (Å²) < 4.78 is 0. The highest BCUT2D eigenvalue weighted by Gasteiger charge is 2.24. The Morgan fingerprint density at radius 3 is 2.50 bits per heavy atom. The van der Waals surface area contributed by atoms with E-state index in [2.05, 4.69) is 37.3 Å². The molecule has 0 spiro atoms. The van der Waals surface area contributed by atoms with Crippen LogP contribution in [0.25, 0.3) is 0 Å². The standard InChI is InChI=1S/C15H30N2O/c1-5-6-7-15(18)12-16(4)14-8-10-17(11-9-14)13(2)3/h5,13-15,18H,1,6-12H2,2-4H3. The van der Waals surface area contributed by atoms with Gasteiger partial charge in [0.15, 0.2) is 0 Å². The van der Waals surface area contributed by atoms with Gasteiger partial charge < -0.3 is 14.9 Å². The average Bonchev–Trinajstić information content (AvgIpc) is 2.36. The van der Waals surface area contributed by atoms with Crippen LogP contribution in [-0.4, -0.2) is 59.8 Å². The first-order valence-electron chi connectivity index (χ1n) is 7.27. The van der Waals surface area contributed by atoms with E-state index < -0.39 is 0 Å². The van der Waals surface area contributed by atoms with E-state index in [1.165, 1.54) is 25.9 Å². The Morgan fingerprint density at radius 2 is 2.00 bits per heavy atom. The van der Waals surface area contributed by atoms with Crippen molar-refractivity contribution in [2.45, 2.75) is 57.7 Å². The van der Waals surface area contributed by atoms with Crippen molar-refractivity contribution in [2.24, 2.45) is 0 Å². The molecule has 0 radical (unpaired) electrons. The molecule has 3 heteroatoms. The number of hydrogen-bond acceptors (Lipinski definition) is 3. The summed E-state index contributed by atoms with van der Waals surface area (Å²) in [6.45, 7) is 11.4. The number of likely N-dealkylation sites (tertiary alicyclic amines) is 1. The monoisotopic (exact) mass is 254 g/mol. The lowest BCUT2D eigenvalue weighted by atomic mass is 10.0. The summed E-state index contributed by atoms with van der Waals surface area (Å²) in [6, 6.07) is 1.30. The molecule has 1 saturated heterocycles. The summed E-state index contributed by atoms with van der Waals surface area (Å²) >= 11 is 0. The van der Waals surface area contributed by atoms with Crippen LogP contribution < -0.4 is 0 Å². The van der Waals surface area contributed by atoms with Gasteiger partial charge in [-0.05, 0) is 59.7 Å². The van der Waals surface area contributed by atoms with Crippen LogP contribution in [0.15, 0.2) is 12.7 Å². The summed E-state index contributed by atoms with van der Waals surface area (Å²) in [4.78, 5) is 4.88. The Morgan fingerprint density at radius 1 is 1.39 bits per heavy atom. The van der Waals surface area contributed by atoms with Gasteiger partial charge in [-0.15, -0.1) is 6.58 Å². The fourth-order valence-electron chi connectivity index (χ4n) is 2.73. The lowest BCUT2D eigenvalue weighted by Crippen LogP contribution is -2.47. The van der Waals surface area contributed by atoms with E-state index in [0.717, 1.165) is 19.4 Å². The van der Waals surface area contributed by atoms with Crippen molar-refractivity contribution in [1.82, 2.24) is 9.80 Å². The number of hydrogen-bond donors (Lipinski definition) is 1. The number of allylic oxidation sites excluding steroid dienone is 1. The summed E-state index contributed by atoms with van der Waals surface area (Å²) in [5.74, 6) is 0. The number of aliphatic hydroxyl groups excluding tert-OH is 1. The average molecular weight is 254 g/mol. The summed E-state index contributed by atoms with van der Waals surface area (Å²) in [5.41, 5.74) is 0. The third-order valence-electron chi connectivity index (χ3n) is 4.06. The van der Waals surface area contributed by atoms with Crippen LogP contribution in [0.3, 0.4) is 0 Å². The number of likely N-dealkylation sites (N-methyl/N-ethyl adjacent to an activating group) is 1. The highest BCUT2D eigenvalue weighted by Crippen LogP contribution is 2.17. The van der Waals surface area contributed by atoms with Gasteiger partial charge in [0.2, 0.25) is 0 Å². The first-order valence-corrected chi connectivity index (χ1v) is 7.27. The predicted octanol–water partition coefficient (Wildman–Crippen LogP) is 2.12. The van der Waals surface area contributed by atoms with Gasteiger partial charge in [0.1, 0.15) is 0 Å². The first kappa shape index (κ1) is 15.7. The summed E-state index contributed by atoms with van der Waals surface area (Å²) in [5, 5.41) is 9.92. The van der Waals surface area contributed by atoms with Crippen LogP contribution in [0, 0.1) is 0 Å². The Hall–Kier alpha value is -0.380. The SMILES string of the molecule is C=CCCC(O)CN(C)C1CCN(C(C)C)CC1. The van der Waals surface area contributed by atoms with E-state index in [1.807, 2.05) is 6.08 Å². The van der Waals surface area contributed by atoms with E-state index in [0.29, 0.717) is 12.1 Å². The van der Waals surface area contributed by atoms with Crippen LogP contribution in [0.1, 0.15) is 39.5 Å². The Labute approximate surface area is 112 Å². The minimum absolute atomic E-state index is 0.212. The van der Waals surface area contributed by atoms with Gasteiger partial charge in [0.25, 0.3) is 0 Å². The summed E-state index contributed by atoms with van der Waals surface area (Å²) in [6.07, 6.45) is 5.85. The lowest BCUT2D eigenvalue weighted by Gasteiger charge is -2.39. The van der Waals surface area contributed by atoms with E-state index in [4.69, 9.17) is 0 Å². The maximum absolute atomic E-state index is 9.92. The van der Waals surface area contributed by atoms with Gasteiger partial charge in [-0.25, -0.2) is 0 Å². The molecule has 1 unspecified atom stereocenters. The number of piperidine rings is 1. The third kappa shape index (κ3) is 5.09. The molecule has 1 N–H and O–H groups in total. The van der Waals surface area contributed by atoms with Crippen LogP contribution >= 0.6 is 0 Å². The molecule has 18 heavy (non-hydrogen) atoms. The zero-order valence-corrected chi connectivity index (χ0v) is 12.3. The number of rotatable bonds is 7. The zero-order chi connectivity index (χ0) is 13.5. The maximum Gasteiger partial charge on any atom is 0.0670 e. The molecule has 0 amide bonds. The van der Waals surface area contributed by atoms with Crippen LogP contribution in [0.2, 0.25) is 0 Å². The van der Waals surface area contributed by atoms with Crippen LogP contribution in [0.4, 0.5) is 0 Å². The van der Waals surface area contributed by atoms with Crippen molar-refractivity contribution in [1.29, 1.82) is 0 Å². The van der Waals surface area contributed by atoms with Crippen LogP contribution in [0.5, 0.6) is 0 Å². The van der Waals surface area contributed by atoms with E-state index >= 15 is 0 Å². The molecule has 3 nitrogen and oxygen atoms in total. The van der Waals surface area contributed by atoms with Gasteiger partial charge in [-0.2, -0.15) is 0 Å². The molecule has 0 aromatic rings. The van der Waals surface area contributed by atoms with Crippen molar-refractivity contribution in [3.8, 4) is 0 Å². The molecule has 1 aliphatic heterocycles. The molecule has 106 valence electrons. The fourth-order valence-corrected chi connectivity index (χ4v) is 2.73. The topological polar surface area (TPSA) is 26.7 Å². The van der Waals surface area contributed by atoms with Crippen molar-refractivity contribution < 1.29 is 5.11 Å². The molecule has 1 atom stereocenters. The molecular formula is C15H30N2O. The Balaban J connectivity index is 2.27. The largest absolute Gasteiger partial charge is 0.392 e. The number of nitrogens with zero attached hydrogens (tertiary/aromatic N) is 2. The Bertz CT molecular complexity index is 235. The maximum atomic E-state index is 9.92. The van der Waals surface area contributed by atoms with Gasteiger partial charge >= 0.3 is 0 Å². The predicted molar refractivity (Wildman–Crippen MR) is 77.8 cm³/mol. The quantitative estimate of drug-likeness (QED) is 0.705. The zero-order valence-electron chi connectivity index (χ0n) is 12.3. The van der Waals surface area contributed by atoms with E-state index in [9.17, 15) is 5.11 Å². The molecule has 1 fully saturated rings. The van der Waals surface area contributed by atoms with Gasteiger partial charge in [0, 0.05) is 18.6 Å². The van der Waals surface area contributed by atoms with E-state index in [1.54, 1.807) is 0 Å².